The van der Waals surface area contributed by atoms with Gasteiger partial charge in [-0.25, -0.2) is 0 Å². The van der Waals surface area contributed by atoms with Crippen molar-refractivity contribution in [2.75, 3.05) is 132 Å². The fraction of sp³-hybridized carbons (Fsp3) is 0.479. The van der Waals surface area contributed by atoms with E-state index in [4.69, 9.17) is 18.9 Å². The van der Waals surface area contributed by atoms with Crippen molar-refractivity contribution < 1.29 is 52.5 Å². The van der Waals surface area contributed by atoms with Gasteiger partial charge in [-0.2, -0.15) is 0 Å². The number of nitrogens with one attached hydrogen (secondary N) is 3. The lowest BCUT2D eigenvalue weighted by Gasteiger charge is -2.31. The summed E-state index contributed by atoms with van der Waals surface area (Å²) in [4.78, 5) is 96.0. The fourth-order valence-electron chi connectivity index (χ4n) is 6.46. The molecule has 6 amide bonds. The van der Waals surface area contributed by atoms with Crippen LogP contribution >= 0.6 is 0 Å². The lowest BCUT2D eigenvalue weighted by Crippen LogP contribution is -2.52. The predicted octanol–water partition coefficient (Wildman–Crippen LogP) is 0.376. The number of hydrogen-bond acceptors (Lipinski definition) is 12. The molecule has 0 aliphatic rings. The number of methoxy groups -OCH3 is 2. The van der Waals surface area contributed by atoms with Gasteiger partial charge in [0.2, 0.25) is 35.8 Å². The molecular formula is C48H67N7O11. The molecule has 0 saturated carbocycles. The van der Waals surface area contributed by atoms with E-state index in [1.807, 2.05) is 91.0 Å². The molecule has 0 saturated heterocycles. The average molecular weight is 918 g/mol. The molecule has 0 aromatic heterocycles. The fourth-order valence-corrected chi connectivity index (χ4v) is 6.46. The van der Waals surface area contributed by atoms with Crippen LogP contribution in [0, 0.1) is 0 Å². The Labute approximate surface area is 388 Å². The van der Waals surface area contributed by atoms with E-state index in [0.29, 0.717) is 19.4 Å². The van der Waals surface area contributed by atoms with Gasteiger partial charge < -0.3 is 54.5 Å². The largest absolute Gasteiger partial charge is 0.383 e. The van der Waals surface area contributed by atoms with Crippen molar-refractivity contribution in [3.8, 4) is 0 Å². The first kappa shape index (κ1) is 54.3. The van der Waals surface area contributed by atoms with Crippen LogP contribution in [0.4, 0.5) is 0 Å². The zero-order chi connectivity index (χ0) is 47.6. The van der Waals surface area contributed by atoms with E-state index in [0.717, 1.165) is 23.1 Å². The summed E-state index contributed by atoms with van der Waals surface area (Å²) in [7, 11) is 3.00. The third-order valence-corrected chi connectivity index (χ3v) is 10.2. The monoisotopic (exact) mass is 917 g/mol. The summed E-state index contributed by atoms with van der Waals surface area (Å²) in [6.45, 7) is 1.37. The summed E-state index contributed by atoms with van der Waals surface area (Å²) in [5.74, 6) is -2.84. The second-order valence-electron chi connectivity index (χ2n) is 15.1. The predicted molar refractivity (Wildman–Crippen MR) is 247 cm³/mol. The van der Waals surface area contributed by atoms with E-state index in [1.54, 1.807) is 0 Å². The van der Waals surface area contributed by atoms with Gasteiger partial charge in [-0.15, -0.1) is 0 Å². The van der Waals surface area contributed by atoms with Crippen molar-refractivity contribution in [2.24, 2.45) is 0 Å². The van der Waals surface area contributed by atoms with Crippen LogP contribution in [0.2, 0.25) is 0 Å². The number of carbonyl (C=O) groups excluding carboxylic acids is 7. The number of rotatable bonds is 35. The van der Waals surface area contributed by atoms with Crippen molar-refractivity contribution in [3.05, 3.63) is 108 Å². The minimum Gasteiger partial charge on any atom is -0.383 e. The van der Waals surface area contributed by atoms with E-state index in [9.17, 15) is 33.6 Å². The van der Waals surface area contributed by atoms with Gasteiger partial charge in [0.1, 0.15) is 0 Å². The SMILES string of the molecule is COCCN(CC(=O)N(CCc1ccccc1)CC(=O)N(CCOC)CC(=O)N(CCc1ccccc1)CC(=O)NCCOCCOCCNC(=O)C=O)C(=O)CNCCc1ccccc1. The Morgan fingerprint density at radius 1 is 0.470 bits per heavy atom. The molecule has 66 heavy (non-hydrogen) atoms. The molecule has 0 radical (unpaired) electrons. The van der Waals surface area contributed by atoms with E-state index in [2.05, 4.69) is 16.0 Å². The summed E-state index contributed by atoms with van der Waals surface area (Å²) in [6.07, 6.45) is 1.81. The third kappa shape index (κ3) is 23.2. The van der Waals surface area contributed by atoms with Gasteiger partial charge in [-0.3, -0.25) is 33.6 Å². The van der Waals surface area contributed by atoms with Crippen LogP contribution in [0.15, 0.2) is 91.0 Å². The Balaban J connectivity index is 1.68. The summed E-state index contributed by atoms with van der Waals surface area (Å²) in [5.41, 5.74) is 3.04. The Kier molecular flexibility index (Phi) is 27.5. The maximum atomic E-state index is 14.2. The van der Waals surface area contributed by atoms with E-state index in [1.165, 1.54) is 33.8 Å². The van der Waals surface area contributed by atoms with Gasteiger partial charge in [0.15, 0.2) is 0 Å². The van der Waals surface area contributed by atoms with Crippen molar-refractivity contribution in [3.63, 3.8) is 0 Å². The highest BCUT2D eigenvalue weighted by atomic mass is 16.5. The molecular weight excluding hydrogens is 851 g/mol. The maximum absolute atomic E-state index is 14.2. The van der Waals surface area contributed by atoms with Crippen LogP contribution in [-0.4, -0.2) is 194 Å². The first-order valence-electron chi connectivity index (χ1n) is 22.2. The number of amides is 6. The van der Waals surface area contributed by atoms with Crippen molar-refractivity contribution in [2.45, 2.75) is 19.3 Å². The molecule has 3 N–H and O–H groups in total. The zero-order valence-electron chi connectivity index (χ0n) is 38.4. The Morgan fingerprint density at radius 2 is 0.879 bits per heavy atom. The maximum Gasteiger partial charge on any atom is 0.284 e. The Hall–Kier alpha value is -6.05. The molecule has 0 aliphatic heterocycles. The third-order valence-electron chi connectivity index (χ3n) is 10.2. The van der Waals surface area contributed by atoms with Gasteiger partial charge in [-0.05, 0) is 42.5 Å². The van der Waals surface area contributed by atoms with Crippen LogP contribution in [-0.2, 0) is 71.8 Å². The Morgan fingerprint density at radius 3 is 1.33 bits per heavy atom. The van der Waals surface area contributed by atoms with Crippen LogP contribution in [0.3, 0.4) is 0 Å². The van der Waals surface area contributed by atoms with E-state index in [-0.39, 0.29) is 124 Å². The summed E-state index contributed by atoms with van der Waals surface area (Å²) in [6, 6.07) is 28.9. The Bertz CT molecular complexity index is 1880. The first-order valence-corrected chi connectivity index (χ1v) is 22.2. The molecule has 3 aromatic carbocycles. The molecule has 0 fully saturated rings. The number of carbonyl (C=O) groups is 7. The minimum atomic E-state index is -0.722. The van der Waals surface area contributed by atoms with Gasteiger partial charge >= 0.3 is 0 Å². The molecule has 0 aliphatic carbocycles. The minimum absolute atomic E-state index is 0.0110. The second kappa shape index (κ2) is 33.4. The van der Waals surface area contributed by atoms with Crippen molar-refractivity contribution >= 4 is 41.7 Å². The second-order valence-corrected chi connectivity index (χ2v) is 15.1. The number of nitrogens with zero attached hydrogens (tertiary/aromatic N) is 4. The molecule has 0 atom stereocenters. The van der Waals surface area contributed by atoms with Crippen molar-refractivity contribution in [1.82, 2.24) is 35.6 Å². The number of ether oxygens (including phenoxy) is 4. The van der Waals surface area contributed by atoms with Gasteiger partial charge in [0.25, 0.3) is 5.91 Å². The number of hydrogen-bond donors (Lipinski definition) is 3. The molecule has 3 rings (SSSR count). The van der Waals surface area contributed by atoms with Crippen LogP contribution in [0.25, 0.3) is 0 Å². The highest BCUT2D eigenvalue weighted by molar-refractivity contribution is 6.23. The average Bonchev–Trinajstić information content (AvgIpc) is 3.34. The van der Waals surface area contributed by atoms with E-state index < -0.39 is 29.5 Å². The highest BCUT2D eigenvalue weighted by Gasteiger charge is 2.27. The van der Waals surface area contributed by atoms with Gasteiger partial charge in [0.05, 0.1) is 72.4 Å². The summed E-state index contributed by atoms with van der Waals surface area (Å²) in [5, 5.41) is 8.30. The molecule has 18 heteroatoms. The standard InChI is InChI=1S/C48H67N7O11/c1-63-30-26-54(45(59)34-49-21-18-40-12-6-3-7-13-40)37-47(61)53(25-20-42-16-10-5-11-17-42)36-48(62)55(27-31-64-2)38-46(60)52(24-19-41-14-8-4-9-15-41)35-43(57)50-22-28-65-32-33-66-29-23-51-44(58)39-56/h3-17,39,49H,18-38H2,1-2H3,(H,50,57)(H,51,58). The first-order chi connectivity index (χ1) is 32.1. The molecule has 0 bridgehead atoms. The summed E-state index contributed by atoms with van der Waals surface area (Å²) >= 11 is 0. The van der Waals surface area contributed by atoms with Crippen LogP contribution < -0.4 is 16.0 Å². The van der Waals surface area contributed by atoms with Crippen LogP contribution in [0.1, 0.15) is 16.7 Å². The van der Waals surface area contributed by atoms with Crippen LogP contribution in [0.5, 0.6) is 0 Å². The highest BCUT2D eigenvalue weighted by Crippen LogP contribution is 2.08. The lowest BCUT2D eigenvalue weighted by atomic mass is 10.1. The molecule has 3 aromatic rings. The molecule has 360 valence electrons. The normalized spacial score (nSPS) is 10.8. The number of aldehydes is 1. The lowest BCUT2D eigenvalue weighted by molar-refractivity contribution is -0.147. The smallest absolute Gasteiger partial charge is 0.284 e. The number of benzene rings is 3. The molecule has 0 unspecified atom stereocenters. The molecule has 0 spiro atoms. The molecule has 0 heterocycles. The molecule has 18 nitrogen and oxygen atoms in total. The van der Waals surface area contributed by atoms with E-state index >= 15 is 0 Å². The topological polar surface area (TPSA) is 205 Å². The van der Waals surface area contributed by atoms with Crippen molar-refractivity contribution in [1.29, 1.82) is 0 Å². The quantitative estimate of drug-likeness (QED) is 0.0417. The summed E-state index contributed by atoms with van der Waals surface area (Å²) < 4.78 is 21.4. The zero-order valence-corrected chi connectivity index (χ0v) is 38.4. The van der Waals surface area contributed by atoms with Gasteiger partial charge in [0, 0.05) is 53.5 Å². The van der Waals surface area contributed by atoms with Gasteiger partial charge in [-0.1, -0.05) is 91.0 Å².